The highest BCUT2D eigenvalue weighted by Crippen LogP contribution is 2.42. The number of aromatic nitrogens is 1. The average Bonchev–Trinajstić information content (AvgIpc) is 3.10. The second-order valence-corrected chi connectivity index (χ2v) is 6.41. The molecule has 0 amide bonds. The van der Waals surface area contributed by atoms with Gasteiger partial charge in [-0.05, 0) is 38.2 Å². The van der Waals surface area contributed by atoms with Crippen molar-refractivity contribution in [1.82, 2.24) is 10.3 Å². The smallest absolute Gasteiger partial charge is 0.109 e. The lowest BCUT2D eigenvalue weighted by atomic mass is 10.0. The summed E-state index contributed by atoms with van der Waals surface area (Å²) >= 11 is 1.73. The van der Waals surface area contributed by atoms with Crippen LogP contribution in [0.25, 0.3) is 0 Å². The second-order valence-electron chi connectivity index (χ2n) is 5.48. The first kappa shape index (κ1) is 12.8. The van der Waals surface area contributed by atoms with Crippen molar-refractivity contribution in [3.8, 4) is 0 Å². The molecular formula is C16H20N2S. The molecule has 0 saturated heterocycles. The van der Waals surface area contributed by atoms with Crippen molar-refractivity contribution in [2.45, 2.75) is 38.8 Å². The van der Waals surface area contributed by atoms with Crippen LogP contribution < -0.4 is 5.32 Å². The predicted octanol–water partition coefficient (Wildman–Crippen LogP) is 4.25. The number of benzene rings is 1. The summed E-state index contributed by atoms with van der Waals surface area (Å²) in [6.07, 6.45) is 4.57. The van der Waals surface area contributed by atoms with Gasteiger partial charge in [-0.2, -0.15) is 0 Å². The fourth-order valence-corrected chi connectivity index (χ4v) is 3.15. The van der Waals surface area contributed by atoms with E-state index in [-0.39, 0.29) is 0 Å². The Hall–Kier alpha value is -1.19. The maximum atomic E-state index is 4.41. The topological polar surface area (TPSA) is 24.9 Å². The first-order chi connectivity index (χ1) is 9.24. The maximum absolute atomic E-state index is 4.41. The molecule has 1 aliphatic rings. The lowest BCUT2D eigenvalue weighted by Gasteiger charge is -2.22. The van der Waals surface area contributed by atoms with Gasteiger partial charge in [-0.15, -0.1) is 11.3 Å². The molecule has 2 unspecified atom stereocenters. The summed E-state index contributed by atoms with van der Waals surface area (Å²) in [4.78, 5) is 4.41. The summed E-state index contributed by atoms with van der Waals surface area (Å²) < 4.78 is 0. The number of hydrogen-bond acceptors (Lipinski definition) is 3. The lowest BCUT2D eigenvalue weighted by Crippen LogP contribution is -2.26. The zero-order valence-corrected chi connectivity index (χ0v) is 12.3. The molecule has 19 heavy (non-hydrogen) atoms. The lowest BCUT2D eigenvalue weighted by molar-refractivity contribution is 0.426. The molecule has 2 aromatic rings. The third-order valence-corrected chi connectivity index (χ3v) is 4.74. The van der Waals surface area contributed by atoms with Gasteiger partial charge in [-0.1, -0.05) is 29.8 Å². The number of nitrogens with one attached hydrogen (secondary N) is 1. The quantitative estimate of drug-likeness (QED) is 0.880. The first-order valence-corrected chi connectivity index (χ1v) is 7.84. The van der Waals surface area contributed by atoms with E-state index in [4.69, 9.17) is 0 Å². The standard InChI is InChI=1S/C16H20N2S/c1-11-3-5-13(6-4-11)15(14-7-8-14)18-12(2)16-17-9-10-19-16/h3-6,9-10,12,14-15,18H,7-8H2,1-2H3. The molecule has 1 fully saturated rings. The Bertz CT molecular complexity index is 514. The van der Waals surface area contributed by atoms with Gasteiger partial charge in [-0.3, -0.25) is 0 Å². The molecule has 1 N–H and O–H groups in total. The molecule has 1 aliphatic carbocycles. The minimum Gasteiger partial charge on any atom is -0.301 e. The predicted molar refractivity (Wildman–Crippen MR) is 80.3 cm³/mol. The molecule has 100 valence electrons. The molecule has 1 saturated carbocycles. The molecular weight excluding hydrogens is 252 g/mol. The second kappa shape index (κ2) is 5.43. The number of hydrogen-bond donors (Lipinski definition) is 1. The van der Waals surface area contributed by atoms with Crippen LogP contribution in [-0.4, -0.2) is 4.98 Å². The van der Waals surface area contributed by atoms with Crippen molar-refractivity contribution in [3.63, 3.8) is 0 Å². The van der Waals surface area contributed by atoms with E-state index in [0.717, 1.165) is 5.92 Å². The van der Waals surface area contributed by atoms with Crippen LogP contribution in [0.3, 0.4) is 0 Å². The number of nitrogens with zero attached hydrogens (tertiary/aromatic N) is 1. The molecule has 0 radical (unpaired) electrons. The Morgan fingerprint density at radius 2 is 2.00 bits per heavy atom. The molecule has 1 aromatic heterocycles. The van der Waals surface area contributed by atoms with E-state index in [1.807, 2.05) is 11.6 Å². The van der Waals surface area contributed by atoms with Gasteiger partial charge >= 0.3 is 0 Å². The zero-order valence-electron chi connectivity index (χ0n) is 11.5. The molecule has 1 aromatic carbocycles. The van der Waals surface area contributed by atoms with Crippen molar-refractivity contribution in [1.29, 1.82) is 0 Å². The van der Waals surface area contributed by atoms with Gasteiger partial charge < -0.3 is 5.32 Å². The van der Waals surface area contributed by atoms with E-state index in [2.05, 4.69) is 48.4 Å². The molecule has 2 atom stereocenters. The SMILES string of the molecule is Cc1ccc(C(NC(C)c2nccs2)C2CC2)cc1. The van der Waals surface area contributed by atoms with E-state index in [9.17, 15) is 0 Å². The van der Waals surface area contributed by atoms with Gasteiger partial charge in [0.15, 0.2) is 0 Å². The van der Waals surface area contributed by atoms with Crippen LogP contribution in [0.2, 0.25) is 0 Å². The minimum absolute atomic E-state index is 0.326. The van der Waals surface area contributed by atoms with Crippen LogP contribution in [0, 0.1) is 12.8 Å². The maximum Gasteiger partial charge on any atom is 0.109 e. The third-order valence-electron chi connectivity index (χ3n) is 3.78. The molecule has 0 aliphatic heterocycles. The number of aryl methyl sites for hydroxylation is 1. The van der Waals surface area contributed by atoms with Gasteiger partial charge in [0, 0.05) is 17.6 Å². The van der Waals surface area contributed by atoms with Gasteiger partial charge in [0.1, 0.15) is 5.01 Å². The Morgan fingerprint density at radius 1 is 1.26 bits per heavy atom. The normalized spacial score (nSPS) is 18.2. The Labute approximate surface area is 118 Å². The van der Waals surface area contributed by atoms with E-state index >= 15 is 0 Å². The van der Waals surface area contributed by atoms with Crippen LogP contribution in [0.5, 0.6) is 0 Å². The Morgan fingerprint density at radius 3 is 2.58 bits per heavy atom. The largest absolute Gasteiger partial charge is 0.301 e. The number of rotatable bonds is 5. The van der Waals surface area contributed by atoms with Gasteiger partial charge in [0.2, 0.25) is 0 Å². The van der Waals surface area contributed by atoms with Crippen molar-refractivity contribution in [2.24, 2.45) is 5.92 Å². The fraction of sp³-hybridized carbons (Fsp3) is 0.438. The van der Waals surface area contributed by atoms with E-state index in [1.165, 1.54) is 29.0 Å². The van der Waals surface area contributed by atoms with E-state index in [0.29, 0.717) is 12.1 Å². The Balaban J connectivity index is 1.76. The highest BCUT2D eigenvalue weighted by atomic mass is 32.1. The van der Waals surface area contributed by atoms with Crippen LogP contribution in [0.1, 0.15) is 48.0 Å². The highest BCUT2D eigenvalue weighted by Gasteiger charge is 2.33. The molecule has 2 nitrogen and oxygen atoms in total. The summed E-state index contributed by atoms with van der Waals surface area (Å²) in [5.74, 6) is 0.796. The molecule has 3 heteroatoms. The van der Waals surface area contributed by atoms with Crippen molar-refractivity contribution < 1.29 is 0 Å². The third kappa shape index (κ3) is 3.04. The van der Waals surface area contributed by atoms with Crippen molar-refractivity contribution >= 4 is 11.3 Å². The van der Waals surface area contributed by atoms with E-state index < -0.39 is 0 Å². The van der Waals surface area contributed by atoms with Gasteiger partial charge in [0.25, 0.3) is 0 Å². The Kier molecular flexibility index (Phi) is 3.67. The van der Waals surface area contributed by atoms with Crippen LogP contribution in [0.4, 0.5) is 0 Å². The van der Waals surface area contributed by atoms with Gasteiger partial charge in [-0.25, -0.2) is 4.98 Å². The fourth-order valence-electron chi connectivity index (χ4n) is 2.50. The molecule has 0 spiro atoms. The summed E-state index contributed by atoms with van der Waals surface area (Å²) in [6, 6.07) is 9.74. The highest BCUT2D eigenvalue weighted by molar-refractivity contribution is 7.09. The summed E-state index contributed by atoms with van der Waals surface area (Å²) in [5, 5.41) is 6.99. The summed E-state index contributed by atoms with van der Waals surface area (Å²) in [7, 11) is 0. The van der Waals surface area contributed by atoms with Crippen molar-refractivity contribution in [3.05, 3.63) is 52.0 Å². The van der Waals surface area contributed by atoms with Crippen molar-refractivity contribution in [2.75, 3.05) is 0 Å². The zero-order chi connectivity index (χ0) is 13.2. The van der Waals surface area contributed by atoms with Crippen LogP contribution >= 0.6 is 11.3 Å². The van der Waals surface area contributed by atoms with E-state index in [1.54, 1.807) is 11.3 Å². The summed E-state index contributed by atoms with van der Waals surface area (Å²) in [6.45, 7) is 4.35. The number of thiazole rings is 1. The van der Waals surface area contributed by atoms with Gasteiger partial charge in [0.05, 0.1) is 6.04 Å². The molecule has 1 heterocycles. The molecule has 0 bridgehead atoms. The monoisotopic (exact) mass is 272 g/mol. The minimum atomic E-state index is 0.326. The first-order valence-electron chi connectivity index (χ1n) is 6.96. The van der Waals surface area contributed by atoms with Crippen LogP contribution in [0.15, 0.2) is 35.8 Å². The summed E-state index contributed by atoms with van der Waals surface area (Å²) in [5.41, 5.74) is 2.74. The molecule has 3 rings (SSSR count). The van der Waals surface area contributed by atoms with Crippen LogP contribution in [-0.2, 0) is 0 Å². The average molecular weight is 272 g/mol.